The molecule has 2 aromatic rings. The molecule has 2 rings (SSSR count). The number of nitrogens with zero attached hydrogens (tertiary/aromatic N) is 3. The summed E-state index contributed by atoms with van der Waals surface area (Å²) in [6.45, 7) is 3.19. The Bertz CT molecular complexity index is 620. The number of hydrogen-bond acceptors (Lipinski definition) is 4. The Kier molecular flexibility index (Phi) is 2.97. The molecule has 0 aromatic carbocycles. The predicted octanol–water partition coefficient (Wildman–Crippen LogP) is 0.241. The van der Waals surface area contributed by atoms with Crippen molar-refractivity contribution in [2.75, 3.05) is 0 Å². The second-order valence-corrected chi connectivity index (χ2v) is 3.93. The first-order valence-corrected chi connectivity index (χ1v) is 5.33. The molecule has 0 bridgehead atoms. The minimum absolute atomic E-state index is 0.256. The molecule has 18 heavy (non-hydrogen) atoms. The summed E-state index contributed by atoms with van der Waals surface area (Å²) in [6.07, 6.45) is 3.06. The molecule has 0 aliphatic carbocycles. The van der Waals surface area contributed by atoms with Crippen LogP contribution in [0.1, 0.15) is 23.0 Å². The molecule has 0 spiro atoms. The number of rotatable bonds is 3. The van der Waals surface area contributed by atoms with E-state index < -0.39 is 17.9 Å². The van der Waals surface area contributed by atoms with Crippen LogP contribution in [0.4, 0.5) is 0 Å². The summed E-state index contributed by atoms with van der Waals surface area (Å²) in [5.41, 5.74) is 1.42. The Morgan fingerprint density at radius 2 is 2.22 bits per heavy atom. The smallest absolute Gasteiger partial charge is 0.325 e. The Hall–Kier alpha value is -2.44. The maximum absolute atomic E-state index is 11.9. The van der Waals surface area contributed by atoms with Crippen molar-refractivity contribution in [3.63, 3.8) is 0 Å². The molecule has 1 atom stereocenters. The number of carbonyl (C=O) groups is 2. The fourth-order valence-electron chi connectivity index (χ4n) is 1.46. The number of carbonyl (C=O) groups excluding carboxylic acids is 1. The van der Waals surface area contributed by atoms with E-state index in [9.17, 15) is 9.59 Å². The molecular formula is C11H12N4O3. The van der Waals surface area contributed by atoms with Crippen molar-refractivity contribution in [1.29, 1.82) is 0 Å². The van der Waals surface area contributed by atoms with Gasteiger partial charge in [0.15, 0.2) is 5.65 Å². The third-order valence-electron chi connectivity index (χ3n) is 2.47. The van der Waals surface area contributed by atoms with Crippen LogP contribution in [0, 0.1) is 6.92 Å². The van der Waals surface area contributed by atoms with Crippen molar-refractivity contribution >= 4 is 17.5 Å². The van der Waals surface area contributed by atoms with Gasteiger partial charge in [0, 0.05) is 11.9 Å². The van der Waals surface area contributed by atoms with Crippen LogP contribution in [0.2, 0.25) is 0 Å². The van der Waals surface area contributed by atoms with Crippen LogP contribution in [0.5, 0.6) is 0 Å². The van der Waals surface area contributed by atoms with E-state index in [1.54, 1.807) is 19.2 Å². The van der Waals surface area contributed by atoms with Crippen molar-refractivity contribution in [2.24, 2.45) is 0 Å². The summed E-state index contributed by atoms with van der Waals surface area (Å²) in [7, 11) is 0. The number of hydrogen-bond donors (Lipinski definition) is 2. The molecule has 2 heterocycles. The van der Waals surface area contributed by atoms with Crippen LogP contribution in [0.25, 0.3) is 5.65 Å². The van der Waals surface area contributed by atoms with E-state index in [0.29, 0.717) is 5.65 Å². The van der Waals surface area contributed by atoms with E-state index in [2.05, 4.69) is 15.4 Å². The Morgan fingerprint density at radius 1 is 1.50 bits per heavy atom. The second-order valence-electron chi connectivity index (χ2n) is 3.93. The normalized spacial score (nSPS) is 12.3. The number of aryl methyl sites for hydroxylation is 1. The highest BCUT2D eigenvalue weighted by Gasteiger charge is 2.19. The average molecular weight is 248 g/mol. The molecule has 0 aliphatic heterocycles. The maximum Gasteiger partial charge on any atom is 0.325 e. The van der Waals surface area contributed by atoms with Crippen molar-refractivity contribution in [1.82, 2.24) is 19.9 Å². The van der Waals surface area contributed by atoms with Crippen LogP contribution in [-0.4, -0.2) is 37.6 Å². The van der Waals surface area contributed by atoms with E-state index >= 15 is 0 Å². The number of fused-ring (bicyclic) bond motifs is 1. The lowest BCUT2D eigenvalue weighted by Gasteiger charge is -2.07. The molecule has 7 nitrogen and oxygen atoms in total. The van der Waals surface area contributed by atoms with E-state index in [1.165, 1.54) is 17.6 Å². The Labute approximate surface area is 102 Å². The van der Waals surface area contributed by atoms with Crippen LogP contribution in [0.3, 0.4) is 0 Å². The lowest BCUT2D eigenvalue weighted by atomic mass is 10.2. The molecule has 0 aliphatic rings. The fourth-order valence-corrected chi connectivity index (χ4v) is 1.46. The van der Waals surface area contributed by atoms with Crippen LogP contribution in [0.15, 0.2) is 18.5 Å². The Balaban J connectivity index is 2.33. The summed E-state index contributed by atoms with van der Waals surface area (Å²) >= 11 is 0. The van der Waals surface area contributed by atoms with Gasteiger partial charge in [0.2, 0.25) is 0 Å². The minimum Gasteiger partial charge on any atom is -0.480 e. The molecule has 0 unspecified atom stereocenters. The van der Waals surface area contributed by atoms with Gasteiger partial charge >= 0.3 is 5.97 Å². The van der Waals surface area contributed by atoms with Gasteiger partial charge in [-0.2, -0.15) is 5.10 Å². The van der Waals surface area contributed by atoms with Gasteiger partial charge in [0.1, 0.15) is 11.6 Å². The van der Waals surface area contributed by atoms with E-state index in [0.717, 1.165) is 5.69 Å². The lowest BCUT2D eigenvalue weighted by Crippen LogP contribution is -2.38. The van der Waals surface area contributed by atoms with Crippen molar-refractivity contribution in [3.05, 3.63) is 29.7 Å². The zero-order valence-electron chi connectivity index (χ0n) is 9.91. The summed E-state index contributed by atoms with van der Waals surface area (Å²) in [6, 6.07) is 0.805. The first kappa shape index (κ1) is 12.0. The van der Waals surface area contributed by atoms with Crippen molar-refractivity contribution < 1.29 is 14.7 Å². The maximum atomic E-state index is 11.9. The van der Waals surface area contributed by atoms with Crippen molar-refractivity contribution in [3.8, 4) is 0 Å². The highest BCUT2D eigenvalue weighted by atomic mass is 16.4. The largest absolute Gasteiger partial charge is 0.480 e. The first-order valence-electron chi connectivity index (χ1n) is 5.33. The summed E-state index contributed by atoms with van der Waals surface area (Å²) in [5, 5.41) is 15.1. The van der Waals surface area contributed by atoms with Gasteiger partial charge in [-0.25, -0.2) is 9.50 Å². The summed E-state index contributed by atoms with van der Waals surface area (Å²) in [4.78, 5) is 26.8. The molecule has 1 amide bonds. The van der Waals surface area contributed by atoms with Gasteiger partial charge in [0.05, 0.1) is 6.20 Å². The third-order valence-corrected chi connectivity index (χ3v) is 2.47. The lowest BCUT2D eigenvalue weighted by molar-refractivity contribution is -0.138. The number of aromatic nitrogens is 3. The van der Waals surface area contributed by atoms with Crippen LogP contribution in [-0.2, 0) is 4.79 Å². The predicted molar refractivity (Wildman–Crippen MR) is 62.3 cm³/mol. The van der Waals surface area contributed by atoms with Gasteiger partial charge in [-0.15, -0.1) is 0 Å². The second kappa shape index (κ2) is 4.44. The Morgan fingerprint density at radius 3 is 2.89 bits per heavy atom. The van der Waals surface area contributed by atoms with Gasteiger partial charge in [-0.1, -0.05) is 0 Å². The van der Waals surface area contributed by atoms with Crippen LogP contribution >= 0.6 is 0 Å². The number of nitrogens with one attached hydrogen (secondary N) is 1. The molecule has 2 aromatic heterocycles. The van der Waals surface area contributed by atoms with E-state index in [1.807, 2.05) is 0 Å². The number of carboxylic acid groups (broad SMARTS) is 1. The van der Waals surface area contributed by atoms with Crippen LogP contribution < -0.4 is 5.32 Å². The average Bonchev–Trinajstić information content (AvgIpc) is 2.71. The van der Waals surface area contributed by atoms with Crippen molar-refractivity contribution in [2.45, 2.75) is 19.9 Å². The first-order chi connectivity index (χ1) is 8.49. The molecule has 2 N–H and O–H groups in total. The van der Waals surface area contributed by atoms with E-state index in [4.69, 9.17) is 5.11 Å². The fraction of sp³-hybridized carbons (Fsp3) is 0.273. The molecule has 0 radical (unpaired) electrons. The van der Waals surface area contributed by atoms with Gasteiger partial charge in [0.25, 0.3) is 5.91 Å². The third kappa shape index (κ3) is 2.15. The van der Waals surface area contributed by atoms with Gasteiger partial charge < -0.3 is 10.4 Å². The molecule has 0 saturated heterocycles. The number of amides is 1. The molecule has 94 valence electrons. The molecule has 0 fully saturated rings. The standard InChI is InChI=1S/C11H12N4O3/c1-6-3-4-15-9(13-6)8(5-12-15)10(16)14-7(2)11(17)18/h3-5,7H,1-2H3,(H,14,16)(H,17,18)/t7-/m0/s1. The number of aliphatic carboxylic acids is 1. The quantitative estimate of drug-likeness (QED) is 0.811. The number of carboxylic acids is 1. The highest BCUT2D eigenvalue weighted by Crippen LogP contribution is 2.08. The summed E-state index contributed by atoms with van der Waals surface area (Å²) in [5.74, 6) is -1.60. The monoisotopic (exact) mass is 248 g/mol. The zero-order valence-corrected chi connectivity index (χ0v) is 9.91. The molecule has 7 heteroatoms. The molecular weight excluding hydrogens is 236 g/mol. The molecule has 0 saturated carbocycles. The van der Waals surface area contributed by atoms with E-state index in [-0.39, 0.29) is 5.56 Å². The highest BCUT2D eigenvalue weighted by molar-refractivity contribution is 6.01. The summed E-state index contributed by atoms with van der Waals surface area (Å²) < 4.78 is 1.47. The minimum atomic E-state index is -1.09. The van der Waals surface area contributed by atoms with Gasteiger partial charge in [-0.3, -0.25) is 9.59 Å². The van der Waals surface area contributed by atoms with Gasteiger partial charge in [-0.05, 0) is 19.9 Å². The zero-order chi connectivity index (χ0) is 13.3. The topological polar surface area (TPSA) is 96.6 Å². The SMILES string of the molecule is Cc1ccn2ncc(C(=O)N[C@@H](C)C(=O)O)c2n1.